The lowest BCUT2D eigenvalue weighted by molar-refractivity contribution is 0.493. The third-order valence-corrected chi connectivity index (χ3v) is 14.3. The summed E-state index contributed by atoms with van der Waals surface area (Å²) in [6.07, 6.45) is 59.9. The van der Waals surface area contributed by atoms with E-state index in [2.05, 4.69) is 147 Å². The zero-order chi connectivity index (χ0) is 42.3. The minimum atomic E-state index is 0.574. The van der Waals surface area contributed by atoms with Gasteiger partial charge in [0.2, 0.25) is 0 Å². The molecule has 0 aliphatic heterocycles. The summed E-state index contributed by atoms with van der Waals surface area (Å²) in [5.41, 5.74) is 27.0. The first kappa shape index (κ1) is 41.7. The normalized spacial score (nSPS) is 30.7. The summed E-state index contributed by atoms with van der Waals surface area (Å²) in [6, 6.07) is 16.4. The Morgan fingerprint density at radius 1 is 0.645 bits per heavy atom. The van der Waals surface area contributed by atoms with Crippen molar-refractivity contribution in [3.05, 3.63) is 220 Å². The Bertz CT molecular complexity index is 2520. The van der Waals surface area contributed by atoms with Crippen LogP contribution < -0.4 is 5.73 Å². The molecule has 4 saturated carbocycles. The average molecular weight is 812 g/mol. The summed E-state index contributed by atoms with van der Waals surface area (Å²) >= 11 is 0. The lowest BCUT2D eigenvalue weighted by Crippen LogP contribution is -2.08. The molecule has 0 amide bonds. The number of hydrogen-bond acceptors (Lipinski definition) is 1. The zero-order valence-corrected chi connectivity index (χ0v) is 37.1. The Kier molecular flexibility index (Phi) is 13.2. The SMILES string of the molecule is C=C(/C=C(\C=C(/C)c1cccc(-c2cc(C3=C\C=C/C4CC\C(=C\3)C4)cc(/C(C=C3CCCCC3)=C/C=C\N)c2)c1)C1=C\C2CC\C(=C/C=C\1)C2)C1=C\C2CCC\C(=C/C=C\1)C2. The van der Waals surface area contributed by atoms with Crippen molar-refractivity contribution in [2.24, 2.45) is 23.5 Å². The lowest BCUT2D eigenvalue weighted by Gasteiger charge is -2.23. The minimum absolute atomic E-state index is 0.574. The monoisotopic (exact) mass is 812 g/mol. The predicted molar refractivity (Wildman–Crippen MR) is 268 cm³/mol. The number of hydrogen-bond donors (Lipinski definition) is 1. The highest BCUT2D eigenvalue weighted by Gasteiger charge is 2.22. The molecule has 3 unspecified atom stereocenters. The van der Waals surface area contributed by atoms with Gasteiger partial charge in [-0.25, -0.2) is 0 Å². The smallest absolute Gasteiger partial charge is 0.00622 e. The van der Waals surface area contributed by atoms with Gasteiger partial charge in [0.25, 0.3) is 0 Å². The summed E-state index contributed by atoms with van der Waals surface area (Å²) in [5, 5.41) is 0. The van der Waals surface area contributed by atoms with E-state index in [1.807, 2.05) is 6.08 Å². The first-order valence-corrected chi connectivity index (χ1v) is 23.8. The van der Waals surface area contributed by atoms with Gasteiger partial charge < -0.3 is 5.73 Å². The minimum Gasteiger partial charge on any atom is -0.405 e. The standard InChI is InChI=1S/C61H65N/c1-43(52-19-7-15-45-14-6-18-49(32-45)36-52)30-58(54-21-8-16-47-25-27-50(33-47)37-54)31-44(2)53-20-10-23-57(39-53)61-41-59(55-22-9-17-48-26-28-51(34-48)38-55)40-60(42-61)56(24-11-29-62)35-46-12-4-3-5-13-46/h7-11,15-17,19-24,29-31,35-42,48-50H,1,3-6,12-14,18,25-28,32-34,62H2,2H3/b17-9-,19-7-,21-8-,29-11-,44-31+,45-15+,47-16+,51-38-,52-36-,54-37-,55-22-,56-24+,58-30+. The molecular weight excluding hydrogens is 747 g/mol. The van der Waals surface area contributed by atoms with E-state index in [1.165, 1.54) is 158 Å². The molecule has 314 valence electrons. The van der Waals surface area contributed by atoms with Crippen LogP contribution in [-0.4, -0.2) is 0 Å². The molecule has 0 aromatic heterocycles. The van der Waals surface area contributed by atoms with E-state index in [1.54, 1.807) is 28.5 Å². The molecule has 0 heterocycles. The van der Waals surface area contributed by atoms with E-state index < -0.39 is 0 Å². The highest BCUT2D eigenvalue weighted by molar-refractivity contribution is 5.86. The number of benzene rings is 2. The van der Waals surface area contributed by atoms with E-state index >= 15 is 0 Å². The summed E-state index contributed by atoms with van der Waals surface area (Å²) in [5.74, 6) is 1.84. The van der Waals surface area contributed by atoms with Crippen LogP contribution in [-0.2, 0) is 0 Å². The quantitative estimate of drug-likeness (QED) is 0.238. The van der Waals surface area contributed by atoms with Crippen molar-refractivity contribution < 1.29 is 0 Å². The predicted octanol–water partition coefficient (Wildman–Crippen LogP) is 16.5. The number of nitrogens with two attached hydrogens (primary N) is 1. The third-order valence-electron chi connectivity index (χ3n) is 14.3. The summed E-state index contributed by atoms with van der Waals surface area (Å²) in [6.45, 7) is 7.00. The number of allylic oxidation sites excluding steroid dienone is 28. The van der Waals surface area contributed by atoms with E-state index in [4.69, 9.17) is 12.3 Å². The molecule has 0 radical (unpaired) electrons. The Labute approximate surface area is 372 Å². The van der Waals surface area contributed by atoms with Crippen LogP contribution in [0.1, 0.15) is 120 Å². The lowest BCUT2D eigenvalue weighted by atomic mass is 9.82. The van der Waals surface area contributed by atoms with Crippen LogP contribution in [0.15, 0.2) is 203 Å². The van der Waals surface area contributed by atoms with Crippen LogP contribution in [0.3, 0.4) is 0 Å². The molecule has 2 aromatic rings. The first-order valence-electron chi connectivity index (χ1n) is 23.8. The third kappa shape index (κ3) is 10.3. The van der Waals surface area contributed by atoms with Gasteiger partial charge in [-0.2, -0.15) is 0 Å². The molecule has 62 heavy (non-hydrogen) atoms. The van der Waals surface area contributed by atoms with Crippen molar-refractivity contribution in [3.63, 3.8) is 0 Å². The fraction of sp³-hybridized carbons (Fsp3) is 0.311. The molecule has 4 fully saturated rings. The van der Waals surface area contributed by atoms with Crippen molar-refractivity contribution in [3.8, 4) is 11.1 Å². The van der Waals surface area contributed by atoms with Crippen LogP contribution in [0.2, 0.25) is 0 Å². The highest BCUT2D eigenvalue weighted by atomic mass is 14.5. The first-order chi connectivity index (χ1) is 30.4. The molecule has 2 N–H and O–H groups in total. The average Bonchev–Trinajstić information content (AvgIpc) is 3.97. The zero-order valence-electron chi connectivity index (χ0n) is 37.1. The molecule has 7 aliphatic carbocycles. The molecule has 1 heteroatoms. The summed E-state index contributed by atoms with van der Waals surface area (Å²) in [7, 11) is 0. The Morgan fingerprint density at radius 3 is 2.23 bits per heavy atom. The number of rotatable bonds is 10. The molecule has 3 atom stereocenters. The van der Waals surface area contributed by atoms with Crippen LogP contribution in [0.5, 0.6) is 0 Å². The van der Waals surface area contributed by atoms with Crippen molar-refractivity contribution in [2.45, 2.75) is 103 Å². The van der Waals surface area contributed by atoms with E-state index in [-0.39, 0.29) is 0 Å². The van der Waals surface area contributed by atoms with E-state index in [9.17, 15) is 0 Å². The van der Waals surface area contributed by atoms with Crippen molar-refractivity contribution in [1.29, 1.82) is 0 Å². The van der Waals surface area contributed by atoms with Gasteiger partial charge in [-0.05, 0) is 224 Å². The van der Waals surface area contributed by atoms with Crippen LogP contribution in [0.4, 0.5) is 0 Å². The second kappa shape index (κ2) is 19.6. The van der Waals surface area contributed by atoms with Gasteiger partial charge in [0, 0.05) is 0 Å². The second-order valence-electron chi connectivity index (χ2n) is 19.0. The second-order valence-corrected chi connectivity index (χ2v) is 19.0. The topological polar surface area (TPSA) is 26.0 Å². The molecule has 2 aromatic carbocycles. The highest BCUT2D eigenvalue weighted by Crippen LogP contribution is 2.40. The molecule has 0 saturated heterocycles. The van der Waals surface area contributed by atoms with Crippen molar-refractivity contribution in [1.82, 2.24) is 0 Å². The Hall–Kier alpha value is -5.66. The molecule has 6 bridgehead atoms. The van der Waals surface area contributed by atoms with Gasteiger partial charge in [0.05, 0.1) is 0 Å². The van der Waals surface area contributed by atoms with Crippen molar-refractivity contribution in [2.75, 3.05) is 0 Å². The maximum absolute atomic E-state index is 5.97. The Balaban J connectivity index is 1.12. The molecule has 7 aliphatic rings. The van der Waals surface area contributed by atoms with Crippen LogP contribution in [0.25, 0.3) is 27.8 Å². The van der Waals surface area contributed by atoms with E-state index in [0.29, 0.717) is 17.8 Å². The maximum atomic E-state index is 5.97. The Morgan fingerprint density at radius 2 is 1.37 bits per heavy atom. The maximum Gasteiger partial charge on any atom is -0.00622 e. The van der Waals surface area contributed by atoms with E-state index in [0.717, 1.165) is 5.57 Å². The van der Waals surface area contributed by atoms with Gasteiger partial charge in [0.15, 0.2) is 0 Å². The van der Waals surface area contributed by atoms with Gasteiger partial charge in [-0.15, -0.1) is 0 Å². The van der Waals surface area contributed by atoms with Gasteiger partial charge in [-0.3, -0.25) is 0 Å². The van der Waals surface area contributed by atoms with Gasteiger partial charge >= 0.3 is 0 Å². The fourth-order valence-corrected chi connectivity index (χ4v) is 10.8. The van der Waals surface area contributed by atoms with Gasteiger partial charge in [0.1, 0.15) is 0 Å². The largest absolute Gasteiger partial charge is 0.405 e. The van der Waals surface area contributed by atoms with Gasteiger partial charge in [-0.1, -0.05) is 145 Å². The molecular formula is C61H65N. The van der Waals surface area contributed by atoms with Crippen molar-refractivity contribution >= 4 is 16.7 Å². The van der Waals surface area contributed by atoms with Crippen LogP contribution in [0, 0.1) is 17.8 Å². The summed E-state index contributed by atoms with van der Waals surface area (Å²) in [4.78, 5) is 0. The summed E-state index contributed by atoms with van der Waals surface area (Å²) < 4.78 is 0. The fourth-order valence-electron chi connectivity index (χ4n) is 10.8. The molecule has 1 nitrogen and oxygen atoms in total. The van der Waals surface area contributed by atoms with Crippen LogP contribution >= 0.6 is 0 Å². The molecule has 9 rings (SSSR count). The molecule has 0 spiro atoms. The number of fused-ring (bicyclic) bond motifs is 6.